The van der Waals surface area contributed by atoms with Crippen molar-refractivity contribution in [1.29, 1.82) is 0 Å². The van der Waals surface area contributed by atoms with Gasteiger partial charge in [-0.3, -0.25) is 0 Å². The Labute approximate surface area is 130 Å². The summed E-state index contributed by atoms with van der Waals surface area (Å²) < 4.78 is 5.65. The number of hydrogen-bond donors (Lipinski definition) is 1. The standard InChI is InChI=1S/C19H32O2/c1-4-7-9-16(6-3)15-19(20)17-10-12-18(13-11-17)21-14-8-5-2/h10-13,16,19-20H,4-9,14-15H2,1-3H3. The normalized spacial score (nSPS) is 13.9. The molecule has 0 aliphatic rings. The van der Waals surface area contributed by atoms with E-state index in [1.165, 1.54) is 19.3 Å². The molecule has 0 aliphatic carbocycles. The number of aliphatic hydroxyl groups is 1. The van der Waals surface area contributed by atoms with Crippen LogP contribution in [-0.4, -0.2) is 11.7 Å². The first-order chi connectivity index (χ1) is 10.2. The van der Waals surface area contributed by atoms with Gasteiger partial charge in [0, 0.05) is 0 Å². The number of hydrogen-bond acceptors (Lipinski definition) is 2. The van der Waals surface area contributed by atoms with Crippen molar-refractivity contribution < 1.29 is 9.84 Å². The van der Waals surface area contributed by atoms with Crippen LogP contribution in [0.25, 0.3) is 0 Å². The lowest BCUT2D eigenvalue weighted by atomic mass is 9.91. The zero-order valence-electron chi connectivity index (χ0n) is 14.0. The summed E-state index contributed by atoms with van der Waals surface area (Å²) in [5.41, 5.74) is 1.01. The molecule has 0 heterocycles. The second-order valence-corrected chi connectivity index (χ2v) is 5.94. The molecule has 21 heavy (non-hydrogen) atoms. The van der Waals surface area contributed by atoms with Crippen molar-refractivity contribution in [2.75, 3.05) is 6.61 Å². The van der Waals surface area contributed by atoms with Crippen LogP contribution in [0.1, 0.15) is 77.4 Å². The summed E-state index contributed by atoms with van der Waals surface area (Å²) >= 11 is 0. The van der Waals surface area contributed by atoms with Crippen molar-refractivity contribution in [1.82, 2.24) is 0 Å². The highest BCUT2D eigenvalue weighted by atomic mass is 16.5. The molecule has 0 bridgehead atoms. The van der Waals surface area contributed by atoms with Gasteiger partial charge in [-0.05, 0) is 36.5 Å². The van der Waals surface area contributed by atoms with Crippen molar-refractivity contribution in [3.8, 4) is 5.75 Å². The average molecular weight is 292 g/mol. The first-order valence-corrected chi connectivity index (χ1v) is 8.62. The van der Waals surface area contributed by atoms with Gasteiger partial charge < -0.3 is 9.84 Å². The maximum Gasteiger partial charge on any atom is 0.119 e. The summed E-state index contributed by atoms with van der Waals surface area (Å²) in [6, 6.07) is 7.94. The van der Waals surface area contributed by atoms with Crippen LogP contribution < -0.4 is 4.74 Å². The maximum absolute atomic E-state index is 10.4. The molecule has 2 heteroatoms. The van der Waals surface area contributed by atoms with E-state index < -0.39 is 0 Å². The number of benzene rings is 1. The van der Waals surface area contributed by atoms with Crippen LogP contribution in [0, 0.1) is 5.92 Å². The third-order valence-corrected chi connectivity index (χ3v) is 4.13. The Kier molecular flexibility index (Phi) is 9.16. The second-order valence-electron chi connectivity index (χ2n) is 5.94. The number of ether oxygens (including phenoxy) is 1. The van der Waals surface area contributed by atoms with Crippen molar-refractivity contribution in [3.05, 3.63) is 29.8 Å². The van der Waals surface area contributed by atoms with Crippen LogP contribution in [0.3, 0.4) is 0 Å². The van der Waals surface area contributed by atoms with E-state index in [1.54, 1.807) is 0 Å². The Morgan fingerprint density at radius 3 is 2.24 bits per heavy atom. The predicted molar refractivity (Wildman–Crippen MR) is 89.7 cm³/mol. The molecule has 0 aliphatic heterocycles. The fourth-order valence-corrected chi connectivity index (χ4v) is 2.55. The van der Waals surface area contributed by atoms with Gasteiger partial charge in [-0.2, -0.15) is 0 Å². The van der Waals surface area contributed by atoms with E-state index in [9.17, 15) is 5.11 Å². The lowest BCUT2D eigenvalue weighted by molar-refractivity contribution is 0.139. The number of rotatable bonds is 11. The van der Waals surface area contributed by atoms with Gasteiger partial charge >= 0.3 is 0 Å². The van der Waals surface area contributed by atoms with Crippen LogP contribution in [0.2, 0.25) is 0 Å². The molecule has 0 spiro atoms. The first-order valence-electron chi connectivity index (χ1n) is 8.62. The van der Waals surface area contributed by atoms with E-state index in [-0.39, 0.29) is 6.10 Å². The SMILES string of the molecule is CCCCOc1ccc(C(O)CC(CC)CCCC)cc1. The summed E-state index contributed by atoms with van der Waals surface area (Å²) in [4.78, 5) is 0. The van der Waals surface area contributed by atoms with Gasteiger partial charge in [0.25, 0.3) is 0 Å². The summed E-state index contributed by atoms with van der Waals surface area (Å²) in [6.45, 7) is 7.37. The van der Waals surface area contributed by atoms with E-state index in [0.717, 1.165) is 43.6 Å². The minimum atomic E-state index is -0.350. The maximum atomic E-state index is 10.4. The molecule has 1 aromatic carbocycles. The van der Waals surface area contributed by atoms with Crippen LogP contribution in [0.15, 0.2) is 24.3 Å². The van der Waals surface area contributed by atoms with Crippen molar-refractivity contribution in [2.45, 2.75) is 71.8 Å². The molecule has 2 nitrogen and oxygen atoms in total. The highest BCUT2D eigenvalue weighted by Crippen LogP contribution is 2.27. The van der Waals surface area contributed by atoms with Gasteiger partial charge in [-0.1, -0.05) is 65.0 Å². The second kappa shape index (κ2) is 10.7. The summed E-state index contributed by atoms with van der Waals surface area (Å²) in [5.74, 6) is 1.53. The molecule has 1 rings (SSSR count). The van der Waals surface area contributed by atoms with E-state index in [4.69, 9.17) is 4.74 Å². The van der Waals surface area contributed by atoms with E-state index >= 15 is 0 Å². The highest BCUT2D eigenvalue weighted by molar-refractivity contribution is 5.28. The van der Waals surface area contributed by atoms with Gasteiger partial charge in [-0.25, -0.2) is 0 Å². The van der Waals surface area contributed by atoms with Crippen molar-refractivity contribution in [2.24, 2.45) is 5.92 Å². The van der Waals surface area contributed by atoms with Crippen LogP contribution in [0.5, 0.6) is 5.75 Å². The van der Waals surface area contributed by atoms with Crippen LogP contribution >= 0.6 is 0 Å². The van der Waals surface area contributed by atoms with Gasteiger partial charge in [0.2, 0.25) is 0 Å². The first kappa shape index (κ1) is 18.0. The van der Waals surface area contributed by atoms with Gasteiger partial charge in [0.05, 0.1) is 12.7 Å². The molecule has 0 amide bonds. The van der Waals surface area contributed by atoms with Crippen LogP contribution in [-0.2, 0) is 0 Å². The summed E-state index contributed by atoms with van der Waals surface area (Å²) in [5, 5.41) is 10.4. The Morgan fingerprint density at radius 1 is 1.00 bits per heavy atom. The molecule has 0 saturated heterocycles. The highest BCUT2D eigenvalue weighted by Gasteiger charge is 2.14. The Balaban J connectivity index is 2.47. The smallest absolute Gasteiger partial charge is 0.119 e. The number of unbranched alkanes of at least 4 members (excludes halogenated alkanes) is 2. The van der Waals surface area contributed by atoms with Gasteiger partial charge in [-0.15, -0.1) is 0 Å². The summed E-state index contributed by atoms with van der Waals surface area (Å²) in [6.07, 6.45) is 7.61. The molecular formula is C19H32O2. The van der Waals surface area contributed by atoms with Gasteiger partial charge in [0.15, 0.2) is 0 Å². The quantitative estimate of drug-likeness (QED) is 0.545. The van der Waals surface area contributed by atoms with Gasteiger partial charge in [0.1, 0.15) is 5.75 Å². The molecule has 0 aromatic heterocycles. The number of aliphatic hydroxyl groups excluding tert-OH is 1. The van der Waals surface area contributed by atoms with Crippen LogP contribution in [0.4, 0.5) is 0 Å². The average Bonchev–Trinajstić information content (AvgIpc) is 2.52. The molecule has 1 N–H and O–H groups in total. The minimum absolute atomic E-state index is 0.350. The summed E-state index contributed by atoms with van der Waals surface area (Å²) in [7, 11) is 0. The molecule has 0 fully saturated rings. The zero-order valence-corrected chi connectivity index (χ0v) is 14.0. The van der Waals surface area contributed by atoms with Crippen molar-refractivity contribution >= 4 is 0 Å². The molecule has 2 atom stereocenters. The lowest BCUT2D eigenvalue weighted by Gasteiger charge is -2.19. The largest absolute Gasteiger partial charge is 0.494 e. The van der Waals surface area contributed by atoms with Crippen molar-refractivity contribution in [3.63, 3.8) is 0 Å². The Bertz CT molecular complexity index is 358. The minimum Gasteiger partial charge on any atom is -0.494 e. The topological polar surface area (TPSA) is 29.5 Å². The molecule has 0 radical (unpaired) electrons. The Hall–Kier alpha value is -1.02. The molecule has 120 valence electrons. The fourth-order valence-electron chi connectivity index (χ4n) is 2.55. The molecule has 0 saturated carbocycles. The third kappa shape index (κ3) is 6.99. The van der Waals surface area contributed by atoms with E-state index in [0.29, 0.717) is 5.92 Å². The third-order valence-electron chi connectivity index (χ3n) is 4.13. The monoisotopic (exact) mass is 292 g/mol. The van der Waals surface area contributed by atoms with E-state index in [2.05, 4.69) is 20.8 Å². The zero-order chi connectivity index (χ0) is 15.5. The molecule has 1 aromatic rings. The fraction of sp³-hybridized carbons (Fsp3) is 0.684. The lowest BCUT2D eigenvalue weighted by Crippen LogP contribution is -2.07. The molecular weight excluding hydrogens is 260 g/mol. The predicted octanol–water partition coefficient (Wildman–Crippen LogP) is 5.51. The Morgan fingerprint density at radius 2 is 1.67 bits per heavy atom. The molecule has 2 unspecified atom stereocenters. The van der Waals surface area contributed by atoms with E-state index in [1.807, 2.05) is 24.3 Å².